The van der Waals surface area contributed by atoms with Gasteiger partial charge in [0.2, 0.25) is 0 Å². The van der Waals surface area contributed by atoms with Gasteiger partial charge in [0.15, 0.2) is 0 Å². The number of nitrogens with zero attached hydrogens (tertiary/aromatic N) is 2. The van der Waals surface area contributed by atoms with Gasteiger partial charge in [-0.3, -0.25) is 19.1 Å². The lowest BCUT2D eigenvalue weighted by molar-refractivity contribution is 0.102. The minimum Gasteiger partial charge on any atom is -0.370 e. The van der Waals surface area contributed by atoms with Gasteiger partial charge in [-0.1, -0.05) is 48.5 Å². The lowest BCUT2D eigenvalue weighted by Gasteiger charge is -2.19. The van der Waals surface area contributed by atoms with Gasteiger partial charge in [0.1, 0.15) is 11.5 Å². The van der Waals surface area contributed by atoms with Crippen molar-refractivity contribution in [1.82, 2.24) is 9.55 Å². The van der Waals surface area contributed by atoms with Crippen LogP contribution in [-0.2, 0) is 13.5 Å². The third-order valence-corrected chi connectivity index (χ3v) is 5.58. The van der Waals surface area contributed by atoms with Crippen molar-refractivity contribution in [3.63, 3.8) is 0 Å². The zero-order valence-electron chi connectivity index (χ0n) is 18.9. The molecule has 0 bridgehead atoms. The Hall–Kier alpha value is -4.23. The summed E-state index contributed by atoms with van der Waals surface area (Å²) in [5.74, 6) is 0.261. The Morgan fingerprint density at radius 2 is 1.65 bits per heavy atom. The molecule has 1 amide bonds. The Balaban J connectivity index is 1.63. The Kier molecular flexibility index (Phi) is 7.15. The van der Waals surface area contributed by atoms with Gasteiger partial charge < -0.3 is 16.4 Å². The van der Waals surface area contributed by atoms with E-state index in [4.69, 9.17) is 5.73 Å². The maximum atomic E-state index is 13.3. The standard InChI is InChI=1S/C27H27N5O2/c1-32-24(30-18-22(28)16-19-8-4-2-5-9-19)17-23(20-12-14-29-15-13-20)25(27(32)34)31-26(33)21-10-6-3-7-11-21/h2-15,17,22,30H,16,18,28H2,1H3,(H,31,33)/t22-/m0/s1. The van der Waals surface area contributed by atoms with Gasteiger partial charge in [-0.2, -0.15) is 0 Å². The van der Waals surface area contributed by atoms with E-state index in [9.17, 15) is 9.59 Å². The molecule has 0 aliphatic carbocycles. The van der Waals surface area contributed by atoms with Gasteiger partial charge in [-0.15, -0.1) is 0 Å². The van der Waals surface area contributed by atoms with E-state index in [2.05, 4.69) is 15.6 Å². The maximum Gasteiger partial charge on any atom is 0.276 e. The molecule has 2 heterocycles. The molecule has 4 rings (SSSR count). The van der Waals surface area contributed by atoms with Crippen molar-refractivity contribution in [2.24, 2.45) is 12.8 Å². The predicted molar refractivity (Wildman–Crippen MR) is 136 cm³/mol. The number of nitrogens with one attached hydrogen (secondary N) is 2. The number of carbonyl (C=O) groups is 1. The fourth-order valence-corrected chi connectivity index (χ4v) is 3.75. The first-order valence-corrected chi connectivity index (χ1v) is 11.1. The van der Waals surface area contributed by atoms with Crippen LogP contribution in [0.25, 0.3) is 11.1 Å². The number of hydrogen-bond donors (Lipinski definition) is 3. The van der Waals surface area contributed by atoms with Gasteiger partial charge in [0, 0.05) is 43.2 Å². The zero-order chi connectivity index (χ0) is 23.9. The lowest BCUT2D eigenvalue weighted by Crippen LogP contribution is -2.33. The molecule has 0 fully saturated rings. The lowest BCUT2D eigenvalue weighted by atomic mass is 10.0. The molecule has 172 valence electrons. The monoisotopic (exact) mass is 453 g/mol. The summed E-state index contributed by atoms with van der Waals surface area (Å²) in [4.78, 5) is 30.2. The number of aromatic nitrogens is 2. The summed E-state index contributed by atoms with van der Waals surface area (Å²) in [6.07, 6.45) is 4.02. The van der Waals surface area contributed by atoms with E-state index >= 15 is 0 Å². The Morgan fingerprint density at radius 1 is 1.00 bits per heavy atom. The summed E-state index contributed by atoms with van der Waals surface area (Å²) in [5, 5.41) is 6.12. The number of nitrogens with two attached hydrogens (primary N) is 1. The second kappa shape index (κ2) is 10.6. The summed E-state index contributed by atoms with van der Waals surface area (Å²) in [5.41, 5.74) is 9.23. The van der Waals surface area contributed by atoms with E-state index in [1.54, 1.807) is 55.8 Å². The van der Waals surface area contributed by atoms with Crippen molar-refractivity contribution in [2.45, 2.75) is 12.5 Å². The summed E-state index contributed by atoms with van der Waals surface area (Å²) in [6, 6.07) is 24.2. The molecule has 0 aliphatic rings. The van der Waals surface area contributed by atoms with E-state index in [0.29, 0.717) is 29.9 Å². The number of anilines is 2. The Bertz CT molecular complexity index is 1310. The van der Waals surface area contributed by atoms with E-state index < -0.39 is 0 Å². The third kappa shape index (κ3) is 5.39. The smallest absolute Gasteiger partial charge is 0.276 e. The van der Waals surface area contributed by atoms with Crippen LogP contribution >= 0.6 is 0 Å². The normalized spacial score (nSPS) is 11.6. The van der Waals surface area contributed by atoms with Crippen LogP contribution in [0.2, 0.25) is 0 Å². The number of benzene rings is 2. The molecular weight excluding hydrogens is 426 g/mol. The van der Waals surface area contributed by atoms with E-state index in [-0.39, 0.29) is 23.2 Å². The van der Waals surface area contributed by atoms with Crippen molar-refractivity contribution in [2.75, 3.05) is 17.2 Å². The summed E-state index contributed by atoms with van der Waals surface area (Å²) in [7, 11) is 1.67. The highest BCUT2D eigenvalue weighted by Gasteiger charge is 2.18. The van der Waals surface area contributed by atoms with Gasteiger partial charge in [-0.25, -0.2) is 0 Å². The fraction of sp³-hybridized carbons (Fsp3) is 0.148. The van der Waals surface area contributed by atoms with E-state index in [1.807, 2.05) is 42.5 Å². The third-order valence-electron chi connectivity index (χ3n) is 5.58. The number of rotatable bonds is 8. The Labute approximate surface area is 198 Å². The summed E-state index contributed by atoms with van der Waals surface area (Å²) >= 11 is 0. The predicted octanol–water partition coefficient (Wildman–Crippen LogP) is 3.68. The van der Waals surface area contributed by atoms with Crippen LogP contribution in [-0.4, -0.2) is 28.0 Å². The first-order chi connectivity index (χ1) is 16.5. The van der Waals surface area contributed by atoms with E-state index in [0.717, 1.165) is 11.1 Å². The first kappa shape index (κ1) is 22.9. The molecule has 1 atom stereocenters. The average Bonchev–Trinajstić information content (AvgIpc) is 2.88. The number of amides is 1. The van der Waals surface area contributed by atoms with Gasteiger partial charge >= 0.3 is 0 Å². The van der Waals surface area contributed by atoms with Crippen molar-refractivity contribution >= 4 is 17.4 Å². The van der Waals surface area contributed by atoms with Crippen LogP contribution in [0.15, 0.2) is 96.1 Å². The molecule has 34 heavy (non-hydrogen) atoms. The molecule has 7 heteroatoms. The minimum atomic E-state index is -0.349. The van der Waals surface area contributed by atoms with Crippen LogP contribution in [0.1, 0.15) is 15.9 Å². The van der Waals surface area contributed by atoms with Crippen molar-refractivity contribution in [1.29, 1.82) is 0 Å². The highest BCUT2D eigenvalue weighted by Crippen LogP contribution is 2.28. The topological polar surface area (TPSA) is 102 Å². The van der Waals surface area contributed by atoms with E-state index in [1.165, 1.54) is 4.57 Å². The summed E-state index contributed by atoms with van der Waals surface area (Å²) < 4.78 is 1.49. The maximum absolute atomic E-state index is 13.3. The molecular formula is C27H27N5O2. The van der Waals surface area contributed by atoms with Crippen LogP contribution in [0.3, 0.4) is 0 Å². The SMILES string of the molecule is Cn1c(NC[C@@H](N)Cc2ccccc2)cc(-c2ccncc2)c(NC(=O)c2ccccc2)c1=O. The quantitative estimate of drug-likeness (QED) is 0.378. The Morgan fingerprint density at radius 3 is 2.32 bits per heavy atom. The zero-order valence-corrected chi connectivity index (χ0v) is 18.9. The first-order valence-electron chi connectivity index (χ1n) is 11.1. The number of carbonyl (C=O) groups excluding carboxylic acids is 1. The molecule has 0 unspecified atom stereocenters. The minimum absolute atomic E-state index is 0.140. The molecule has 0 saturated heterocycles. The second-order valence-corrected chi connectivity index (χ2v) is 8.07. The molecule has 2 aromatic carbocycles. The number of hydrogen-bond acceptors (Lipinski definition) is 5. The second-order valence-electron chi connectivity index (χ2n) is 8.07. The highest BCUT2D eigenvalue weighted by atomic mass is 16.2. The fourth-order valence-electron chi connectivity index (χ4n) is 3.75. The van der Waals surface area contributed by atoms with Gasteiger partial charge in [0.05, 0.1) is 0 Å². The molecule has 0 aliphatic heterocycles. The molecule has 0 saturated carbocycles. The van der Waals surface area contributed by atoms with Crippen LogP contribution in [0, 0.1) is 0 Å². The van der Waals surface area contributed by atoms with Gasteiger partial charge in [-0.05, 0) is 47.9 Å². The van der Waals surface area contributed by atoms with Crippen molar-refractivity contribution in [3.8, 4) is 11.1 Å². The van der Waals surface area contributed by atoms with Crippen molar-refractivity contribution < 1.29 is 4.79 Å². The highest BCUT2D eigenvalue weighted by molar-refractivity contribution is 6.06. The summed E-state index contributed by atoms with van der Waals surface area (Å²) in [6.45, 7) is 0.480. The van der Waals surface area contributed by atoms with Crippen LogP contribution in [0.4, 0.5) is 11.5 Å². The molecule has 2 aromatic heterocycles. The molecule has 7 nitrogen and oxygen atoms in total. The molecule has 0 spiro atoms. The molecule has 4 N–H and O–H groups in total. The largest absolute Gasteiger partial charge is 0.370 e. The molecule has 0 radical (unpaired) electrons. The van der Waals surface area contributed by atoms with Crippen LogP contribution in [0.5, 0.6) is 0 Å². The average molecular weight is 454 g/mol. The van der Waals surface area contributed by atoms with Gasteiger partial charge in [0.25, 0.3) is 11.5 Å². The van der Waals surface area contributed by atoms with Crippen molar-refractivity contribution in [3.05, 3.63) is 113 Å². The number of pyridine rings is 2. The van der Waals surface area contributed by atoms with Crippen LogP contribution < -0.4 is 21.9 Å². The molecule has 4 aromatic rings.